The molecule has 0 aliphatic rings. The largest absolute Gasteiger partial charge is 0.475 e. The molecule has 14 heteroatoms. The zero-order chi connectivity index (χ0) is 30.7. The van der Waals surface area contributed by atoms with Gasteiger partial charge in [-0.15, -0.1) is 0 Å². The summed E-state index contributed by atoms with van der Waals surface area (Å²) in [5.74, 6) is 0.149. The highest BCUT2D eigenvalue weighted by molar-refractivity contribution is 9.10. The minimum atomic E-state index is -1.06. The van der Waals surface area contributed by atoms with Gasteiger partial charge >= 0.3 is 5.97 Å². The van der Waals surface area contributed by atoms with Gasteiger partial charge in [-0.1, -0.05) is 0 Å². The van der Waals surface area contributed by atoms with Crippen LogP contribution in [-0.2, 0) is 26.7 Å². The minimum Gasteiger partial charge on any atom is -0.475 e. The summed E-state index contributed by atoms with van der Waals surface area (Å²) in [7, 11) is 1.87. The third-order valence-corrected chi connectivity index (χ3v) is 8.85. The highest BCUT2D eigenvalue weighted by Gasteiger charge is 2.15. The van der Waals surface area contributed by atoms with Gasteiger partial charge in [0.1, 0.15) is 11.5 Å². The van der Waals surface area contributed by atoms with Gasteiger partial charge in [0.05, 0.1) is 57.0 Å². The van der Waals surface area contributed by atoms with Crippen molar-refractivity contribution in [3.05, 3.63) is 96.5 Å². The van der Waals surface area contributed by atoms with E-state index in [4.69, 9.17) is 13.9 Å². The standard InChI is InChI=1S/C17H20BrN5O2.C11H11BrN2O3/c1-10-7-13(21-22(10)4)8-19-17(24)15-6-5-14(25-15)9-23-12(3)16(18)11(2)20-23;1-6-10(12)7(2)14(13-6)5-8-3-4-9(17-8)11(15)16/h5-7H,8-9H2,1-4H3,(H,19,24);3-4H,5H2,1-2H3,(H,15,16). The van der Waals surface area contributed by atoms with Crippen LogP contribution in [0.3, 0.4) is 0 Å². The molecule has 0 bridgehead atoms. The molecule has 0 saturated heterocycles. The number of halogens is 2. The molecule has 2 N–H and O–H groups in total. The molecule has 1 amide bonds. The van der Waals surface area contributed by atoms with E-state index >= 15 is 0 Å². The average Bonchev–Trinajstić information content (AvgIpc) is 3.76. The van der Waals surface area contributed by atoms with Gasteiger partial charge in [-0.05, 0) is 96.8 Å². The molecule has 12 nitrogen and oxygen atoms in total. The van der Waals surface area contributed by atoms with Crippen molar-refractivity contribution in [3.8, 4) is 0 Å². The molecule has 0 spiro atoms. The quantitative estimate of drug-likeness (QED) is 0.216. The Kier molecular flexibility index (Phi) is 9.57. The molecule has 0 unspecified atom stereocenters. The van der Waals surface area contributed by atoms with E-state index in [0.717, 1.165) is 43.1 Å². The number of aromatic nitrogens is 6. The summed E-state index contributed by atoms with van der Waals surface area (Å²) in [6, 6.07) is 8.50. The molecule has 0 saturated carbocycles. The van der Waals surface area contributed by atoms with Gasteiger partial charge in [0.2, 0.25) is 5.76 Å². The summed E-state index contributed by atoms with van der Waals surface area (Å²) in [4.78, 5) is 22.9. The third-order valence-electron chi connectivity index (χ3n) is 6.55. The maximum absolute atomic E-state index is 12.2. The van der Waals surface area contributed by atoms with Gasteiger partial charge in [0.15, 0.2) is 5.76 Å². The van der Waals surface area contributed by atoms with Crippen LogP contribution in [0.2, 0.25) is 0 Å². The van der Waals surface area contributed by atoms with Crippen molar-refractivity contribution in [2.75, 3.05) is 0 Å². The highest BCUT2D eigenvalue weighted by Crippen LogP contribution is 2.22. The number of furan rings is 2. The summed E-state index contributed by atoms with van der Waals surface area (Å²) < 4.78 is 18.2. The lowest BCUT2D eigenvalue weighted by Crippen LogP contribution is -2.22. The molecule has 0 aliphatic carbocycles. The predicted molar refractivity (Wildman–Crippen MR) is 160 cm³/mol. The zero-order valence-electron chi connectivity index (χ0n) is 24.0. The van der Waals surface area contributed by atoms with Gasteiger partial charge in [0.25, 0.3) is 5.91 Å². The molecule has 5 aromatic rings. The van der Waals surface area contributed by atoms with Gasteiger partial charge in [-0.2, -0.15) is 15.3 Å². The van der Waals surface area contributed by atoms with Crippen LogP contribution in [0.4, 0.5) is 0 Å². The molecule has 0 fully saturated rings. The minimum absolute atomic E-state index is 0.0550. The fourth-order valence-corrected chi connectivity index (χ4v) is 4.66. The van der Waals surface area contributed by atoms with Gasteiger partial charge in [0, 0.05) is 12.7 Å². The molecule has 5 heterocycles. The average molecular weight is 705 g/mol. The van der Waals surface area contributed by atoms with E-state index in [1.807, 2.05) is 52.4 Å². The number of carbonyl (C=O) groups excluding carboxylic acids is 1. The molecular weight excluding hydrogens is 674 g/mol. The van der Waals surface area contributed by atoms with Crippen molar-refractivity contribution in [2.45, 2.75) is 54.3 Å². The number of nitrogens with one attached hydrogen (secondary N) is 1. The Morgan fingerprint density at radius 1 is 0.833 bits per heavy atom. The molecule has 0 aliphatic heterocycles. The highest BCUT2D eigenvalue weighted by atomic mass is 79.9. The number of carboxylic acid groups (broad SMARTS) is 1. The van der Waals surface area contributed by atoms with Crippen LogP contribution in [0.25, 0.3) is 0 Å². The van der Waals surface area contributed by atoms with Crippen molar-refractivity contribution in [1.82, 2.24) is 34.7 Å². The Morgan fingerprint density at radius 3 is 1.74 bits per heavy atom. The van der Waals surface area contributed by atoms with Crippen LogP contribution in [0.1, 0.15) is 66.8 Å². The van der Waals surface area contributed by atoms with Crippen LogP contribution in [0.5, 0.6) is 0 Å². The molecule has 0 aromatic carbocycles. The van der Waals surface area contributed by atoms with Crippen molar-refractivity contribution in [1.29, 1.82) is 0 Å². The second-order valence-electron chi connectivity index (χ2n) is 9.71. The predicted octanol–water partition coefficient (Wildman–Crippen LogP) is 5.48. The summed E-state index contributed by atoms with van der Waals surface area (Å²) >= 11 is 6.94. The second-order valence-corrected chi connectivity index (χ2v) is 11.3. The van der Waals surface area contributed by atoms with E-state index < -0.39 is 5.97 Å². The van der Waals surface area contributed by atoms with Crippen LogP contribution >= 0.6 is 31.9 Å². The van der Waals surface area contributed by atoms with Crippen molar-refractivity contribution in [2.24, 2.45) is 7.05 Å². The van der Waals surface area contributed by atoms with Crippen LogP contribution in [0, 0.1) is 34.6 Å². The number of carbonyl (C=O) groups is 2. The summed E-state index contributed by atoms with van der Waals surface area (Å²) in [6.45, 7) is 11.0. The van der Waals surface area contributed by atoms with Crippen LogP contribution < -0.4 is 5.32 Å². The fraction of sp³-hybridized carbons (Fsp3) is 0.321. The monoisotopic (exact) mass is 703 g/mol. The normalized spacial score (nSPS) is 11.0. The van der Waals surface area contributed by atoms with E-state index in [2.05, 4.69) is 52.5 Å². The molecule has 5 aromatic heterocycles. The fourth-order valence-electron chi connectivity index (χ4n) is 4.10. The van der Waals surface area contributed by atoms with Crippen LogP contribution in [-0.4, -0.2) is 46.3 Å². The summed E-state index contributed by atoms with van der Waals surface area (Å²) in [5.41, 5.74) is 5.68. The summed E-state index contributed by atoms with van der Waals surface area (Å²) in [5, 5.41) is 24.6. The van der Waals surface area contributed by atoms with Crippen molar-refractivity contribution in [3.63, 3.8) is 0 Å². The smallest absolute Gasteiger partial charge is 0.371 e. The maximum atomic E-state index is 12.2. The Hall–Kier alpha value is -3.91. The first-order valence-corrected chi connectivity index (χ1v) is 14.5. The lowest BCUT2D eigenvalue weighted by molar-refractivity contribution is 0.0659. The van der Waals surface area contributed by atoms with Crippen LogP contribution in [0.15, 0.2) is 48.1 Å². The zero-order valence-corrected chi connectivity index (χ0v) is 27.2. The molecule has 0 radical (unpaired) electrons. The molecule has 222 valence electrons. The van der Waals surface area contributed by atoms with E-state index in [-0.39, 0.29) is 17.4 Å². The van der Waals surface area contributed by atoms with Gasteiger partial charge < -0.3 is 19.3 Å². The molecule has 0 atom stereocenters. The summed E-state index contributed by atoms with van der Waals surface area (Å²) in [6.07, 6.45) is 0. The first-order chi connectivity index (χ1) is 19.8. The number of amides is 1. The molecule has 42 heavy (non-hydrogen) atoms. The Labute approximate surface area is 258 Å². The van der Waals surface area contributed by atoms with E-state index in [1.165, 1.54) is 6.07 Å². The number of carboxylic acids is 1. The first kappa shape index (κ1) is 31.0. The number of nitrogens with zero attached hydrogens (tertiary/aromatic N) is 6. The van der Waals surface area contributed by atoms with E-state index in [9.17, 15) is 9.59 Å². The Bertz CT molecular complexity index is 1720. The van der Waals surface area contributed by atoms with Crippen molar-refractivity contribution < 1.29 is 23.5 Å². The van der Waals surface area contributed by atoms with Gasteiger partial charge in [-0.25, -0.2) is 4.79 Å². The lowest BCUT2D eigenvalue weighted by atomic mass is 10.3. The topological polar surface area (TPSA) is 146 Å². The Morgan fingerprint density at radius 2 is 1.33 bits per heavy atom. The second kappa shape index (κ2) is 12.9. The number of hydrogen-bond donors (Lipinski definition) is 2. The molecule has 5 rings (SSSR count). The van der Waals surface area contributed by atoms with E-state index in [1.54, 1.807) is 27.6 Å². The maximum Gasteiger partial charge on any atom is 0.371 e. The molecular formula is C28H31Br2N7O5. The Balaban J connectivity index is 0.000000208. The lowest BCUT2D eigenvalue weighted by Gasteiger charge is -2.02. The number of hydrogen-bond acceptors (Lipinski definition) is 7. The number of rotatable bonds is 8. The number of aryl methyl sites for hydroxylation is 4. The SMILES string of the molecule is Cc1nn(Cc2ccc(C(=O)NCc3cc(C)n(C)n3)o2)c(C)c1Br.Cc1nn(Cc2ccc(C(=O)O)o2)c(C)c1Br. The third kappa shape index (κ3) is 7.10. The first-order valence-electron chi connectivity index (χ1n) is 12.9. The van der Waals surface area contributed by atoms with E-state index in [0.29, 0.717) is 31.2 Å². The number of aromatic carboxylic acids is 1. The van der Waals surface area contributed by atoms with Gasteiger partial charge in [-0.3, -0.25) is 18.8 Å². The van der Waals surface area contributed by atoms with Crippen molar-refractivity contribution >= 4 is 43.7 Å².